The summed E-state index contributed by atoms with van der Waals surface area (Å²) in [7, 11) is 3.84. The average Bonchev–Trinajstić information content (AvgIpc) is 2.45. The van der Waals surface area contributed by atoms with Gasteiger partial charge in [0.05, 0.1) is 0 Å². The highest BCUT2D eigenvalue weighted by Gasteiger charge is 2.09. The van der Waals surface area contributed by atoms with E-state index in [2.05, 4.69) is 0 Å². The van der Waals surface area contributed by atoms with Crippen LogP contribution in [0.15, 0.2) is 60.7 Å². The molecule has 0 aliphatic rings. The van der Waals surface area contributed by atoms with E-state index in [9.17, 15) is 4.79 Å². The first-order valence-corrected chi connectivity index (χ1v) is 6.70. The van der Waals surface area contributed by atoms with E-state index in [1.807, 2.05) is 49.3 Å². The first-order chi connectivity index (χ1) is 9.58. The number of halogens is 1. The zero-order valence-electron chi connectivity index (χ0n) is 11.5. The van der Waals surface area contributed by atoms with Crippen LogP contribution in [0.1, 0.15) is 15.9 Å². The fourth-order valence-corrected chi connectivity index (χ4v) is 2.12. The molecule has 2 aromatic rings. The molecule has 2 aromatic carbocycles. The van der Waals surface area contributed by atoms with Crippen LogP contribution in [0.25, 0.3) is 5.70 Å². The lowest BCUT2D eigenvalue weighted by Gasteiger charge is -2.17. The zero-order valence-corrected chi connectivity index (χ0v) is 12.3. The van der Waals surface area contributed by atoms with E-state index in [4.69, 9.17) is 11.6 Å². The van der Waals surface area contributed by atoms with Gasteiger partial charge in [-0.2, -0.15) is 0 Å². The number of hydrogen-bond donors (Lipinski definition) is 0. The van der Waals surface area contributed by atoms with Crippen LogP contribution in [0.3, 0.4) is 0 Å². The Hall–Kier alpha value is -2.06. The molecule has 0 N–H and O–H groups in total. The van der Waals surface area contributed by atoms with Crippen molar-refractivity contribution in [3.8, 4) is 0 Å². The molecule has 0 saturated carbocycles. The van der Waals surface area contributed by atoms with Gasteiger partial charge in [-0.1, -0.05) is 54.1 Å². The highest BCUT2D eigenvalue weighted by atomic mass is 35.5. The van der Waals surface area contributed by atoms with Crippen molar-refractivity contribution in [2.45, 2.75) is 0 Å². The third-order valence-corrected chi connectivity index (χ3v) is 3.16. The summed E-state index contributed by atoms with van der Waals surface area (Å²) < 4.78 is 0. The Kier molecular flexibility index (Phi) is 4.59. The maximum Gasteiger partial charge on any atom is 0.187 e. The van der Waals surface area contributed by atoms with E-state index in [0.717, 1.165) is 11.3 Å². The molecule has 3 heteroatoms. The standard InChI is InChI=1S/C17H16ClNO/c1-19(2)16(13-7-4-3-5-8-13)12-17(20)14-9-6-10-15(18)11-14/h3-12H,1-2H3/b16-12+. The molecule has 0 aromatic heterocycles. The minimum atomic E-state index is -0.0555. The highest BCUT2D eigenvalue weighted by Crippen LogP contribution is 2.18. The van der Waals surface area contributed by atoms with Crippen LogP contribution in [0.5, 0.6) is 0 Å². The number of carbonyl (C=O) groups is 1. The van der Waals surface area contributed by atoms with Gasteiger partial charge in [0, 0.05) is 36.5 Å². The molecule has 2 nitrogen and oxygen atoms in total. The maximum atomic E-state index is 12.3. The lowest BCUT2D eigenvalue weighted by atomic mass is 10.1. The van der Waals surface area contributed by atoms with Crippen LogP contribution < -0.4 is 0 Å². The summed E-state index contributed by atoms with van der Waals surface area (Å²) in [5, 5.41) is 0.565. The molecular formula is C17H16ClNO. The Bertz CT molecular complexity index is 632. The average molecular weight is 286 g/mol. The molecule has 0 spiro atoms. The van der Waals surface area contributed by atoms with E-state index < -0.39 is 0 Å². The molecule has 0 aliphatic heterocycles. The molecule has 0 bridgehead atoms. The number of nitrogens with zero attached hydrogens (tertiary/aromatic N) is 1. The van der Waals surface area contributed by atoms with Crippen LogP contribution in [-0.2, 0) is 0 Å². The Labute approximate surface area is 124 Å². The van der Waals surface area contributed by atoms with Gasteiger partial charge in [0.25, 0.3) is 0 Å². The lowest BCUT2D eigenvalue weighted by Crippen LogP contribution is -2.12. The first-order valence-electron chi connectivity index (χ1n) is 6.32. The summed E-state index contributed by atoms with van der Waals surface area (Å²) in [6, 6.07) is 16.8. The summed E-state index contributed by atoms with van der Waals surface area (Å²) in [6.07, 6.45) is 1.64. The van der Waals surface area contributed by atoms with E-state index in [0.29, 0.717) is 10.6 Å². The van der Waals surface area contributed by atoms with Crippen LogP contribution in [0.2, 0.25) is 5.02 Å². The second kappa shape index (κ2) is 6.40. The molecule has 0 heterocycles. The lowest BCUT2D eigenvalue weighted by molar-refractivity contribution is 0.104. The van der Waals surface area contributed by atoms with Gasteiger partial charge in [-0.25, -0.2) is 0 Å². The fraction of sp³-hybridized carbons (Fsp3) is 0.118. The van der Waals surface area contributed by atoms with Gasteiger partial charge in [-0.05, 0) is 17.7 Å². The summed E-state index contributed by atoms with van der Waals surface area (Å²) in [4.78, 5) is 14.3. The minimum absolute atomic E-state index is 0.0555. The third kappa shape index (κ3) is 3.49. The van der Waals surface area contributed by atoms with Gasteiger partial charge in [0.1, 0.15) is 0 Å². The van der Waals surface area contributed by atoms with Gasteiger partial charge in [-0.15, -0.1) is 0 Å². The van der Waals surface area contributed by atoms with Crippen molar-refractivity contribution in [3.63, 3.8) is 0 Å². The molecule has 0 radical (unpaired) electrons. The van der Waals surface area contributed by atoms with Crippen molar-refractivity contribution in [3.05, 3.63) is 76.8 Å². The van der Waals surface area contributed by atoms with Crippen molar-refractivity contribution in [1.29, 1.82) is 0 Å². The van der Waals surface area contributed by atoms with Gasteiger partial charge < -0.3 is 4.90 Å². The predicted molar refractivity (Wildman–Crippen MR) is 83.9 cm³/mol. The Morgan fingerprint density at radius 1 is 1.00 bits per heavy atom. The minimum Gasteiger partial charge on any atom is -0.377 e. The molecule has 0 atom stereocenters. The first kappa shape index (κ1) is 14.4. The van der Waals surface area contributed by atoms with Crippen molar-refractivity contribution in [1.82, 2.24) is 4.90 Å². The summed E-state index contributed by atoms with van der Waals surface area (Å²) in [5.74, 6) is -0.0555. The molecule has 0 fully saturated rings. The van der Waals surface area contributed by atoms with E-state index in [1.54, 1.807) is 30.3 Å². The van der Waals surface area contributed by atoms with Crippen LogP contribution in [0, 0.1) is 0 Å². The van der Waals surface area contributed by atoms with Crippen LogP contribution in [-0.4, -0.2) is 24.8 Å². The Morgan fingerprint density at radius 3 is 2.25 bits per heavy atom. The molecule has 102 valence electrons. The van der Waals surface area contributed by atoms with Crippen molar-refractivity contribution in [2.24, 2.45) is 0 Å². The zero-order chi connectivity index (χ0) is 14.5. The summed E-state index contributed by atoms with van der Waals surface area (Å²) in [5.41, 5.74) is 2.47. The number of ketones is 1. The van der Waals surface area contributed by atoms with Crippen molar-refractivity contribution in [2.75, 3.05) is 14.1 Å². The molecular weight excluding hydrogens is 270 g/mol. The van der Waals surface area contributed by atoms with Gasteiger partial charge >= 0.3 is 0 Å². The molecule has 20 heavy (non-hydrogen) atoms. The number of hydrogen-bond acceptors (Lipinski definition) is 2. The normalized spacial score (nSPS) is 11.2. The second-order valence-corrected chi connectivity index (χ2v) is 5.10. The van der Waals surface area contributed by atoms with Crippen LogP contribution in [0.4, 0.5) is 0 Å². The molecule has 0 saturated heterocycles. The number of allylic oxidation sites excluding steroid dienone is 1. The third-order valence-electron chi connectivity index (χ3n) is 2.93. The van der Waals surface area contributed by atoms with E-state index in [1.165, 1.54) is 0 Å². The fourth-order valence-electron chi connectivity index (χ4n) is 1.93. The molecule has 0 unspecified atom stereocenters. The predicted octanol–water partition coefficient (Wildman–Crippen LogP) is 4.13. The smallest absolute Gasteiger partial charge is 0.187 e. The van der Waals surface area contributed by atoms with Crippen molar-refractivity contribution >= 4 is 23.1 Å². The van der Waals surface area contributed by atoms with Gasteiger partial charge in [0.15, 0.2) is 5.78 Å². The Balaban J connectivity index is 2.37. The van der Waals surface area contributed by atoms with E-state index in [-0.39, 0.29) is 5.78 Å². The van der Waals surface area contributed by atoms with Gasteiger partial charge in [0.2, 0.25) is 0 Å². The largest absolute Gasteiger partial charge is 0.377 e. The molecule has 0 amide bonds. The monoisotopic (exact) mass is 285 g/mol. The molecule has 0 aliphatic carbocycles. The number of rotatable bonds is 4. The van der Waals surface area contributed by atoms with E-state index >= 15 is 0 Å². The Morgan fingerprint density at radius 2 is 1.65 bits per heavy atom. The maximum absolute atomic E-state index is 12.3. The topological polar surface area (TPSA) is 20.3 Å². The van der Waals surface area contributed by atoms with Gasteiger partial charge in [-0.3, -0.25) is 4.79 Å². The van der Waals surface area contributed by atoms with Crippen molar-refractivity contribution < 1.29 is 4.79 Å². The second-order valence-electron chi connectivity index (χ2n) is 4.66. The number of carbonyl (C=O) groups excluding carboxylic acids is 1. The number of benzene rings is 2. The quantitative estimate of drug-likeness (QED) is 0.622. The highest BCUT2D eigenvalue weighted by molar-refractivity contribution is 6.31. The molecule has 2 rings (SSSR count). The SMILES string of the molecule is CN(C)/C(=C/C(=O)c1cccc(Cl)c1)c1ccccc1. The summed E-state index contributed by atoms with van der Waals surface area (Å²) >= 11 is 5.92. The summed E-state index contributed by atoms with van der Waals surface area (Å²) in [6.45, 7) is 0. The van der Waals surface area contributed by atoms with Crippen LogP contribution >= 0.6 is 11.6 Å².